The molecule has 1 N–H and O–H groups in total. The Kier molecular flexibility index (Phi) is 8.96. The lowest BCUT2D eigenvalue weighted by Gasteiger charge is -2.26. The van der Waals surface area contributed by atoms with Crippen LogP contribution in [0.4, 0.5) is 26.3 Å². The van der Waals surface area contributed by atoms with Crippen molar-refractivity contribution in [3.05, 3.63) is 59.4 Å². The number of rotatable bonds is 9. The molecule has 1 aliphatic rings. The van der Waals surface area contributed by atoms with Crippen LogP contribution < -0.4 is 10.1 Å². The third-order valence-corrected chi connectivity index (χ3v) is 6.95. The van der Waals surface area contributed by atoms with Crippen molar-refractivity contribution in [1.82, 2.24) is 19.8 Å². The maximum atomic E-state index is 13.0. The summed E-state index contributed by atoms with van der Waals surface area (Å²) in [5.74, 6) is -0.152. The van der Waals surface area contributed by atoms with Gasteiger partial charge in [0.15, 0.2) is 0 Å². The Morgan fingerprint density at radius 2 is 1.75 bits per heavy atom. The van der Waals surface area contributed by atoms with Crippen LogP contribution in [0.2, 0.25) is 0 Å². The SMILES string of the molecule is CCOc1ccc(C(C)c2nc3cc(C(=O)N(CC(F)(F)F)CC(F)(F)F)ccc3n2C[C@@H]2CCCCN2)cc1. The average Bonchev–Trinajstić information content (AvgIpc) is 3.24. The molecule has 1 unspecified atom stereocenters. The molecule has 0 aliphatic carbocycles. The molecule has 12 heteroatoms. The molecule has 1 aromatic heterocycles. The lowest BCUT2D eigenvalue weighted by molar-refractivity contribution is -0.171. The molecule has 1 aliphatic heterocycles. The minimum atomic E-state index is -4.99. The normalized spacial score (nSPS) is 17.1. The van der Waals surface area contributed by atoms with Crippen molar-refractivity contribution in [2.24, 2.45) is 0 Å². The lowest BCUT2D eigenvalue weighted by atomic mass is 9.99. The summed E-state index contributed by atoms with van der Waals surface area (Å²) in [5.41, 5.74) is 1.64. The molecule has 0 bridgehead atoms. The van der Waals surface area contributed by atoms with E-state index in [9.17, 15) is 31.1 Å². The number of carbonyl (C=O) groups is 1. The van der Waals surface area contributed by atoms with Gasteiger partial charge in [-0.3, -0.25) is 4.79 Å². The second-order valence-corrected chi connectivity index (χ2v) is 10.0. The summed E-state index contributed by atoms with van der Waals surface area (Å²) in [6, 6.07) is 11.8. The smallest absolute Gasteiger partial charge is 0.406 e. The Bertz CT molecular complexity index is 1280. The van der Waals surface area contributed by atoms with E-state index in [1.807, 2.05) is 42.7 Å². The highest BCUT2D eigenvalue weighted by molar-refractivity contribution is 5.97. The third-order valence-electron chi connectivity index (χ3n) is 6.95. The van der Waals surface area contributed by atoms with E-state index >= 15 is 0 Å². The van der Waals surface area contributed by atoms with Gasteiger partial charge in [-0.2, -0.15) is 26.3 Å². The van der Waals surface area contributed by atoms with Gasteiger partial charge in [0.1, 0.15) is 24.7 Å². The van der Waals surface area contributed by atoms with Crippen LogP contribution in [0, 0.1) is 0 Å². The number of nitrogens with zero attached hydrogens (tertiary/aromatic N) is 3. The third kappa shape index (κ3) is 7.47. The van der Waals surface area contributed by atoms with Crippen molar-refractivity contribution >= 4 is 16.9 Å². The minimum Gasteiger partial charge on any atom is -0.494 e. The molecule has 2 atom stereocenters. The summed E-state index contributed by atoms with van der Waals surface area (Å²) < 4.78 is 85.6. The van der Waals surface area contributed by atoms with Crippen LogP contribution in [0.25, 0.3) is 11.0 Å². The number of halogens is 6. The summed E-state index contributed by atoms with van der Waals surface area (Å²) in [6.45, 7) is 1.84. The standard InChI is InChI=1S/C28H32F6N4O2/c1-3-40-22-10-7-19(8-11-22)18(2)25-36-23-14-20(26(39)37(16-27(29,30)31)17-28(32,33)34)9-12-24(23)38(25)15-21-6-4-5-13-35-21/h7-12,14,18,21,35H,3-6,13,15-17H2,1-2H3/t18?,21-/m0/s1. The number of fused-ring (bicyclic) bond motifs is 1. The van der Waals surface area contributed by atoms with Gasteiger partial charge in [0, 0.05) is 24.1 Å². The van der Waals surface area contributed by atoms with Gasteiger partial charge in [-0.05, 0) is 62.2 Å². The average molecular weight is 571 g/mol. The number of nitrogens with one attached hydrogen (secondary N) is 1. The van der Waals surface area contributed by atoms with Crippen LogP contribution in [0.5, 0.6) is 5.75 Å². The molecule has 0 saturated carbocycles. The zero-order valence-corrected chi connectivity index (χ0v) is 22.3. The van der Waals surface area contributed by atoms with E-state index in [4.69, 9.17) is 9.72 Å². The molecule has 0 radical (unpaired) electrons. The quantitative estimate of drug-likeness (QED) is 0.307. The summed E-state index contributed by atoms with van der Waals surface area (Å²) >= 11 is 0. The highest BCUT2D eigenvalue weighted by atomic mass is 19.4. The Labute approximate surface area is 228 Å². The number of amides is 1. The van der Waals surface area contributed by atoms with Gasteiger partial charge in [0.05, 0.1) is 17.6 Å². The minimum absolute atomic E-state index is 0.174. The Morgan fingerprint density at radius 1 is 1.07 bits per heavy atom. The number of benzene rings is 2. The topological polar surface area (TPSA) is 59.4 Å². The van der Waals surface area contributed by atoms with E-state index < -0.39 is 31.3 Å². The number of aromatic nitrogens is 2. The zero-order chi connectivity index (χ0) is 29.1. The molecular weight excluding hydrogens is 538 g/mol. The summed E-state index contributed by atoms with van der Waals surface area (Å²) in [6.07, 6.45) is -6.87. The molecule has 6 nitrogen and oxygen atoms in total. The monoisotopic (exact) mass is 570 g/mol. The molecule has 40 heavy (non-hydrogen) atoms. The van der Waals surface area contributed by atoms with Crippen LogP contribution >= 0.6 is 0 Å². The molecule has 2 aromatic carbocycles. The molecule has 3 aromatic rings. The predicted octanol–water partition coefficient (Wildman–Crippen LogP) is 6.30. The molecular formula is C28H32F6N4O2. The fraction of sp³-hybridized carbons (Fsp3) is 0.500. The zero-order valence-electron chi connectivity index (χ0n) is 22.3. The van der Waals surface area contributed by atoms with Gasteiger partial charge in [-0.1, -0.05) is 25.5 Å². The first-order valence-electron chi connectivity index (χ1n) is 13.2. The van der Waals surface area contributed by atoms with E-state index in [1.54, 1.807) is 6.07 Å². The van der Waals surface area contributed by atoms with Crippen LogP contribution in [-0.2, 0) is 6.54 Å². The Hall–Kier alpha value is -3.28. The number of alkyl halides is 6. The number of hydrogen-bond acceptors (Lipinski definition) is 4. The molecule has 1 amide bonds. The first kappa shape index (κ1) is 29.7. The van der Waals surface area contributed by atoms with Crippen molar-refractivity contribution in [2.45, 2.75) is 64.0 Å². The van der Waals surface area contributed by atoms with Crippen molar-refractivity contribution in [3.8, 4) is 5.75 Å². The van der Waals surface area contributed by atoms with Gasteiger partial charge >= 0.3 is 12.4 Å². The van der Waals surface area contributed by atoms with Crippen molar-refractivity contribution < 1.29 is 35.9 Å². The van der Waals surface area contributed by atoms with Crippen LogP contribution in [-0.4, -0.2) is 65.0 Å². The van der Waals surface area contributed by atoms with Crippen molar-refractivity contribution in [2.75, 3.05) is 26.2 Å². The van der Waals surface area contributed by atoms with Crippen molar-refractivity contribution in [3.63, 3.8) is 0 Å². The molecule has 0 spiro atoms. The Morgan fingerprint density at radius 3 is 2.33 bits per heavy atom. The molecule has 2 heterocycles. The van der Waals surface area contributed by atoms with E-state index in [-0.39, 0.29) is 22.4 Å². The molecule has 4 rings (SSSR count). The van der Waals surface area contributed by atoms with Gasteiger partial charge in [-0.25, -0.2) is 4.98 Å². The number of ether oxygens (including phenoxy) is 1. The van der Waals surface area contributed by atoms with Crippen molar-refractivity contribution in [1.29, 1.82) is 0 Å². The van der Waals surface area contributed by atoms with E-state index in [2.05, 4.69) is 5.32 Å². The highest BCUT2D eigenvalue weighted by Gasteiger charge is 2.40. The number of carbonyl (C=O) groups excluding carboxylic acids is 1. The van der Waals surface area contributed by atoms with Gasteiger partial charge < -0.3 is 19.5 Å². The van der Waals surface area contributed by atoms with E-state index in [1.165, 1.54) is 12.1 Å². The Balaban J connectivity index is 1.72. The number of piperidine rings is 1. The van der Waals surface area contributed by atoms with Gasteiger partial charge in [-0.15, -0.1) is 0 Å². The number of imidazole rings is 1. The van der Waals surface area contributed by atoms with Crippen LogP contribution in [0.3, 0.4) is 0 Å². The second kappa shape index (κ2) is 12.1. The molecule has 218 valence electrons. The fourth-order valence-corrected chi connectivity index (χ4v) is 5.09. The highest BCUT2D eigenvalue weighted by Crippen LogP contribution is 2.31. The second-order valence-electron chi connectivity index (χ2n) is 10.0. The summed E-state index contributed by atoms with van der Waals surface area (Å²) in [5, 5.41) is 3.50. The van der Waals surface area contributed by atoms with Crippen LogP contribution in [0.1, 0.15) is 60.8 Å². The maximum Gasteiger partial charge on any atom is 0.406 e. The summed E-state index contributed by atoms with van der Waals surface area (Å²) in [7, 11) is 0. The van der Waals surface area contributed by atoms with Gasteiger partial charge in [0.25, 0.3) is 5.91 Å². The first-order valence-corrected chi connectivity index (χ1v) is 13.2. The lowest BCUT2D eigenvalue weighted by Crippen LogP contribution is -2.44. The fourth-order valence-electron chi connectivity index (χ4n) is 5.09. The first-order chi connectivity index (χ1) is 18.8. The van der Waals surface area contributed by atoms with E-state index in [0.717, 1.165) is 37.1 Å². The molecule has 1 saturated heterocycles. The predicted molar refractivity (Wildman–Crippen MR) is 139 cm³/mol. The summed E-state index contributed by atoms with van der Waals surface area (Å²) in [4.78, 5) is 17.4. The molecule has 1 fully saturated rings. The van der Waals surface area contributed by atoms with Gasteiger partial charge in [0.2, 0.25) is 0 Å². The number of hydrogen-bond donors (Lipinski definition) is 1. The van der Waals surface area contributed by atoms with Crippen LogP contribution in [0.15, 0.2) is 42.5 Å². The maximum absolute atomic E-state index is 13.0. The van der Waals surface area contributed by atoms with E-state index in [0.29, 0.717) is 30.0 Å². The largest absolute Gasteiger partial charge is 0.494 e.